The number of amides is 1. The monoisotopic (exact) mass is 308 g/mol. The van der Waals surface area contributed by atoms with Gasteiger partial charge in [-0.1, -0.05) is 43.0 Å². The molecule has 116 valence electrons. The van der Waals surface area contributed by atoms with Crippen molar-refractivity contribution < 1.29 is 9.72 Å². The van der Waals surface area contributed by atoms with Gasteiger partial charge in [-0.3, -0.25) is 14.9 Å². The number of carbonyl (C=O) groups is 1. The zero-order chi connectivity index (χ0) is 16.7. The van der Waals surface area contributed by atoms with Crippen molar-refractivity contribution in [1.29, 1.82) is 0 Å². The lowest BCUT2D eigenvalue weighted by atomic mass is 10.1. The summed E-state index contributed by atoms with van der Waals surface area (Å²) in [5, 5.41) is 13.3. The molecule has 0 unspecified atom stereocenters. The number of carbonyl (C=O) groups excluding carboxylic acids is 1. The van der Waals surface area contributed by atoms with Crippen molar-refractivity contribution in [1.82, 2.24) is 5.32 Å². The number of rotatable bonds is 6. The Hall–Kier alpha value is -3.21. The van der Waals surface area contributed by atoms with Crippen molar-refractivity contribution in [3.8, 4) is 0 Å². The summed E-state index contributed by atoms with van der Waals surface area (Å²) in [4.78, 5) is 21.3. The Kier molecular flexibility index (Phi) is 5.41. The quantitative estimate of drug-likeness (QED) is 0.384. The van der Waals surface area contributed by atoms with Crippen LogP contribution in [0.5, 0.6) is 0 Å². The predicted molar refractivity (Wildman–Crippen MR) is 90.5 cm³/mol. The lowest BCUT2D eigenvalue weighted by Crippen LogP contribution is -2.19. The van der Waals surface area contributed by atoms with E-state index in [1.54, 1.807) is 12.1 Å². The second kappa shape index (κ2) is 7.70. The van der Waals surface area contributed by atoms with Crippen LogP contribution < -0.4 is 5.32 Å². The van der Waals surface area contributed by atoms with Gasteiger partial charge in [0.1, 0.15) is 0 Å². The highest BCUT2D eigenvalue weighted by atomic mass is 16.6. The summed E-state index contributed by atoms with van der Waals surface area (Å²) in [6, 6.07) is 14.1. The molecule has 2 aromatic rings. The van der Waals surface area contributed by atoms with E-state index in [4.69, 9.17) is 0 Å². The summed E-state index contributed by atoms with van der Waals surface area (Å²) in [5.41, 5.74) is 2.96. The first-order valence-corrected chi connectivity index (χ1v) is 7.00. The lowest BCUT2D eigenvalue weighted by Gasteiger charge is -2.03. The van der Waals surface area contributed by atoms with Gasteiger partial charge in [0.25, 0.3) is 5.69 Å². The molecule has 0 aliphatic heterocycles. The fraction of sp³-hybridized carbons (Fsp3) is 0.0556. The van der Waals surface area contributed by atoms with Crippen molar-refractivity contribution >= 4 is 23.7 Å². The number of nitrogens with one attached hydrogen (secondary N) is 1. The Morgan fingerprint density at radius 1 is 1.04 bits per heavy atom. The molecule has 2 aromatic carbocycles. The van der Waals surface area contributed by atoms with Crippen molar-refractivity contribution in [2.24, 2.45) is 0 Å². The van der Waals surface area contributed by atoms with Gasteiger partial charge in [0.15, 0.2) is 0 Å². The minimum atomic E-state index is -0.419. The van der Waals surface area contributed by atoms with Crippen LogP contribution in [0.4, 0.5) is 5.69 Å². The molecule has 0 radical (unpaired) electrons. The number of hydrogen-bond acceptors (Lipinski definition) is 3. The molecular weight excluding hydrogens is 292 g/mol. The van der Waals surface area contributed by atoms with Gasteiger partial charge in [-0.25, -0.2) is 0 Å². The van der Waals surface area contributed by atoms with Crippen molar-refractivity contribution in [3.63, 3.8) is 0 Å². The second-order valence-corrected chi connectivity index (χ2v) is 4.85. The van der Waals surface area contributed by atoms with E-state index in [1.165, 1.54) is 18.2 Å². The van der Waals surface area contributed by atoms with E-state index in [-0.39, 0.29) is 11.6 Å². The molecule has 1 amide bonds. The van der Waals surface area contributed by atoms with E-state index in [0.717, 1.165) is 16.7 Å². The van der Waals surface area contributed by atoms with Crippen molar-refractivity contribution in [2.45, 2.75) is 6.54 Å². The summed E-state index contributed by atoms with van der Waals surface area (Å²) in [5.74, 6) is -0.202. The zero-order valence-electron chi connectivity index (χ0n) is 12.4. The topological polar surface area (TPSA) is 72.2 Å². The molecule has 0 heterocycles. The maximum Gasteiger partial charge on any atom is 0.269 e. The first-order valence-electron chi connectivity index (χ1n) is 7.00. The minimum absolute atomic E-state index is 0.0769. The highest BCUT2D eigenvalue weighted by molar-refractivity contribution is 5.86. The Balaban J connectivity index is 1.98. The molecule has 0 spiro atoms. The SMILES string of the molecule is C=CC(=O)NCc1ccc(C=Cc2ccc([N+](=O)[O-])cc2)cc1. The molecule has 5 nitrogen and oxygen atoms in total. The number of non-ortho nitro benzene ring substituents is 1. The van der Waals surface area contributed by atoms with Crippen LogP contribution >= 0.6 is 0 Å². The van der Waals surface area contributed by atoms with E-state index < -0.39 is 4.92 Å². The predicted octanol–water partition coefficient (Wildman–Crippen LogP) is 3.57. The smallest absolute Gasteiger partial charge is 0.269 e. The first-order chi connectivity index (χ1) is 11.1. The summed E-state index contributed by atoms with van der Waals surface area (Å²) < 4.78 is 0. The van der Waals surface area contributed by atoms with Gasteiger partial charge in [0.05, 0.1) is 4.92 Å². The third-order valence-electron chi connectivity index (χ3n) is 3.20. The fourth-order valence-electron chi connectivity index (χ4n) is 1.91. The summed E-state index contributed by atoms with van der Waals surface area (Å²) in [6.07, 6.45) is 5.05. The number of hydrogen-bond donors (Lipinski definition) is 1. The fourth-order valence-corrected chi connectivity index (χ4v) is 1.91. The number of nitro groups is 1. The molecule has 0 saturated heterocycles. The molecule has 5 heteroatoms. The van der Waals surface area contributed by atoms with Crippen LogP contribution in [0.1, 0.15) is 16.7 Å². The molecule has 2 rings (SSSR count). The van der Waals surface area contributed by atoms with Crippen LogP contribution in [0.25, 0.3) is 12.2 Å². The Morgan fingerprint density at radius 3 is 2.04 bits per heavy atom. The number of benzene rings is 2. The minimum Gasteiger partial charge on any atom is -0.348 e. The standard InChI is InChI=1S/C18H16N2O3/c1-2-18(21)19-13-16-7-5-14(6-8-16)3-4-15-9-11-17(12-10-15)20(22)23/h2-12H,1,13H2,(H,19,21). The van der Waals surface area contributed by atoms with E-state index in [0.29, 0.717) is 6.54 Å². The molecule has 0 saturated carbocycles. The van der Waals surface area contributed by atoms with Crippen LogP contribution in [0.2, 0.25) is 0 Å². The van der Waals surface area contributed by atoms with Gasteiger partial charge in [0.2, 0.25) is 5.91 Å². The molecule has 0 fully saturated rings. The average Bonchev–Trinajstić information content (AvgIpc) is 2.59. The number of nitrogens with zero attached hydrogens (tertiary/aromatic N) is 1. The normalized spacial score (nSPS) is 10.4. The van der Waals surface area contributed by atoms with Gasteiger partial charge in [0, 0.05) is 18.7 Å². The van der Waals surface area contributed by atoms with Crippen LogP contribution in [0.3, 0.4) is 0 Å². The van der Waals surface area contributed by atoms with Gasteiger partial charge in [-0.15, -0.1) is 0 Å². The summed E-state index contributed by atoms with van der Waals surface area (Å²) >= 11 is 0. The van der Waals surface area contributed by atoms with Gasteiger partial charge < -0.3 is 5.32 Å². The van der Waals surface area contributed by atoms with Crippen LogP contribution in [0, 0.1) is 10.1 Å². The average molecular weight is 308 g/mol. The third-order valence-corrected chi connectivity index (χ3v) is 3.20. The van der Waals surface area contributed by atoms with Gasteiger partial charge >= 0.3 is 0 Å². The van der Waals surface area contributed by atoms with E-state index >= 15 is 0 Å². The molecule has 23 heavy (non-hydrogen) atoms. The molecule has 0 aliphatic carbocycles. The maximum absolute atomic E-state index is 11.1. The molecule has 1 N–H and O–H groups in total. The van der Waals surface area contributed by atoms with E-state index in [2.05, 4.69) is 11.9 Å². The van der Waals surface area contributed by atoms with Crippen molar-refractivity contribution in [3.05, 3.63) is 88.0 Å². The largest absolute Gasteiger partial charge is 0.348 e. The van der Waals surface area contributed by atoms with Crippen LogP contribution in [-0.4, -0.2) is 10.8 Å². The Morgan fingerprint density at radius 2 is 1.57 bits per heavy atom. The summed E-state index contributed by atoms with van der Waals surface area (Å²) in [7, 11) is 0. The Labute approximate surface area is 134 Å². The van der Waals surface area contributed by atoms with E-state index in [9.17, 15) is 14.9 Å². The molecular formula is C18H16N2O3. The summed E-state index contributed by atoms with van der Waals surface area (Å²) in [6.45, 7) is 3.85. The van der Waals surface area contributed by atoms with Crippen LogP contribution in [0.15, 0.2) is 61.2 Å². The second-order valence-electron chi connectivity index (χ2n) is 4.85. The van der Waals surface area contributed by atoms with Crippen molar-refractivity contribution in [2.75, 3.05) is 0 Å². The number of nitro benzene ring substituents is 1. The molecule has 0 atom stereocenters. The van der Waals surface area contributed by atoms with E-state index in [1.807, 2.05) is 36.4 Å². The highest BCUT2D eigenvalue weighted by Crippen LogP contribution is 2.14. The lowest BCUT2D eigenvalue weighted by molar-refractivity contribution is -0.384. The van der Waals surface area contributed by atoms with Gasteiger partial charge in [-0.05, 0) is 34.9 Å². The van der Waals surface area contributed by atoms with Crippen LogP contribution in [-0.2, 0) is 11.3 Å². The Bertz CT molecular complexity index is 732. The first kappa shape index (κ1) is 16.2. The molecule has 0 aromatic heterocycles. The zero-order valence-corrected chi connectivity index (χ0v) is 12.4. The highest BCUT2D eigenvalue weighted by Gasteiger charge is 2.02. The maximum atomic E-state index is 11.1. The molecule has 0 aliphatic rings. The van der Waals surface area contributed by atoms with Gasteiger partial charge in [-0.2, -0.15) is 0 Å². The molecule has 0 bridgehead atoms. The third kappa shape index (κ3) is 4.93.